The molecule has 0 spiro atoms. The highest BCUT2D eigenvalue weighted by Gasteiger charge is 2.13. The maximum absolute atomic E-state index is 12.4. The fourth-order valence-electron chi connectivity index (χ4n) is 1.96. The van der Waals surface area contributed by atoms with Crippen LogP contribution in [0.15, 0.2) is 46.9 Å². The van der Waals surface area contributed by atoms with Gasteiger partial charge in [-0.25, -0.2) is 0 Å². The Morgan fingerprint density at radius 3 is 2.60 bits per heavy atom. The lowest BCUT2D eigenvalue weighted by atomic mass is 10.0. The minimum atomic E-state index is 0.0163. The maximum atomic E-state index is 12.4. The van der Waals surface area contributed by atoms with Crippen molar-refractivity contribution in [2.75, 3.05) is 14.2 Å². The number of ether oxygens (including phenoxy) is 2. The predicted octanol–water partition coefficient (Wildman–Crippen LogP) is 3.89. The van der Waals surface area contributed by atoms with Crippen LogP contribution in [-0.2, 0) is 6.42 Å². The van der Waals surface area contributed by atoms with Gasteiger partial charge >= 0.3 is 0 Å². The number of benzene rings is 2. The summed E-state index contributed by atoms with van der Waals surface area (Å²) in [5.74, 6) is 1.34. The van der Waals surface area contributed by atoms with Crippen molar-refractivity contribution < 1.29 is 14.3 Å². The van der Waals surface area contributed by atoms with Crippen molar-refractivity contribution in [3.8, 4) is 11.5 Å². The number of halogens is 1. The second-order valence-corrected chi connectivity index (χ2v) is 5.21. The van der Waals surface area contributed by atoms with Crippen LogP contribution in [0, 0.1) is 0 Å². The van der Waals surface area contributed by atoms with Crippen molar-refractivity contribution in [1.29, 1.82) is 0 Å². The highest BCUT2D eigenvalue weighted by Crippen LogP contribution is 2.25. The molecule has 2 aromatic carbocycles. The summed E-state index contributed by atoms with van der Waals surface area (Å²) in [6.45, 7) is 0. The van der Waals surface area contributed by atoms with Crippen LogP contribution in [0.5, 0.6) is 11.5 Å². The number of hydrogen-bond acceptors (Lipinski definition) is 3. The zero-order chi connectivity index (χ0) is 14.5. The third-order valence-corrected chi connectivity index (χ3v) is 3.46. The quantitative estimate of drug-likeness (QED) is 0.778. The molecule has 0 amide bonds. The van der Waals surface area contributed by atoms with Gasteiger partial charge in [-0.15, -0.1) is 0 Å². The van der Waals surface area contributed by atoms with Gasteiger partial charge in [0, 0.05) is 10.9 Å². The van der Waals surface area contributed by atoms with Crippen LogP contribution >= 0.6 is 15.9 Å². The van der Waals surface area contributed by atoms with E-state index in [0.29, 0.717) is 17.7 Å². The van der Waals surface area contributed by atoms with Crippen molar-refractivity contribution in [1.82, 2.24) is 0 Å². The second-order valence-electron chi connectivity index (χ2n) is 4.30. The molecule has 0 aliphatic heterocycles. The molecule has 0 unspecified atom stereocenters. The summed E-state index contributed by atoms with van der Waals surface area (Å²) in [5, 5.41) is 0. The SMILES string of the molecule is COc1cccc(CC(=O)c2ccc(Br)cc2OC)c1. The fraction of sp³-hybridized carbons (Fsp3) is 0.188. The summed E-state index contributed by atoms with van der Waals surface area (Å²) in [7, 11) is 3.17. The van der Waals surface area contributed by atoms with Crippen LogP contribution in [0.3, 0.4) is 0 Å². The number of carbonyl (C=O) groups is 1. The molecule has 4 heteroatoms. The number of hydrogen-bond donors (Lipinski definition) is 0. The summed E-state index contributed by atoms with van der Waals surface area (Å²) in [5.41, 5.74) is 1.50. The van der Waals surface area contributed by atoms with Crippen molar-refractivity contribution in [3.05, 3.63) is 58.1 Å². The Kier molecular flexibility index (Phi) is 4.79. The Balaban J connectivity index is 2.23. The van der Waals surface area contributed by atoms with Gasteiger partial charge in [0.05, 0.1) is 19.8 Å². The number of rotatable bonds is 5. The maximum Gasteiger partial charge on any atom is 0.170 e. The first-order valence-electron chi connectivity index (χ1n) is 6.13. The van der Waals surface area contributed by atoms with Crippen LogP contribution in [0.4, 0.5) is 0 Å². The number of ketones is 1. The van der Waals surface area contributed by atoms with Crippen molar-refractivity contribution >= 4 is 21.7 Å². The molecule has 20 heavy (non-hydrogen) atoms. The highest BCUT2D eigenvalue weighted by atomic mass is 79.9. The average molecular weight is 335 g/mol. The van der Waals surface area contributed by atoms with E-state index >= 15 is 0 Å². The zero-order valence-electron chi connectivity index (χ0n) is 11.4. The van der Waals surface area contributed by atoms with Crippen molar-refractivity contribution in [3.63, 3.8) is 0 Å². The standard InChI is InChI=1S/C16H15BrO3/c1-19-13-5-3-4-11(8-13)9-15(18)14-7-6-12(17)10-16(14)20-2/h3-8,10H,9H2,1-2H3. The molecule has 0 fully saturated rings. The zero-order valence-corrected chi connectivity index (χ0v) is 12.9. The molecule has 0 aliphatic carbocycles. The average Bonchev–Trinajstić information content (AvgIpc) is 2.47. The van der Waals surface area contributed by atoms with Gasteiger partial charge in [0.2, 0.25) is 0 Å². The van der Waals surface area contributed by atoms with E-state index in [2.05, 4.69) is 15.9 Å². The van der Waals surface area contributed by atoms with E-state index < -0.39 is 0 Å². The van der Waals surface area contributed by atoms with Gasteiger partial charge in [0.15, 0.2) is 5.78 Å². The van der Waals surface area contributed by atoms with Crippen molar-refractivity contribution in [2.24, 2.45) is 0 Å². The first kappa shape index (κ1) is 14.6. The summed E-state index contributed by atoms with van der Waals surface area (Å²) in [6, 6.07) is 12.9. The molecule has 0 saturated carbocycles. The van der Waals surface area contributed by atoms with Crippen LogP contribution in [0.1, 0.15) is 15.9 Å². The van der Waals surface area contributed by atoms with Gasteiger partial charge in [-0.3, -0.25) is 4.79 Å². The molecule has 0 aliphatic rings. The lowest BCUT2D eigenvalue weighted by Gasteiger charge is -2.09. The summed E-state index contributed by atoms with van der Waals surface area (Å²) >= 11 is 3.36. The van der Waals surface area contributed by atoms with Gasteiger partial charge in [-0.1, -0.05) is 28.1 Å². The van der Waals surface area contributed by atoms with E-state index in [4.69, 9.17) is 9.47 Å². The van der Waals surface area contributed by atoms with Gasteiger partial charge in [-0.05, 0) is 35.9 Å². The molecule has 0 N–H and O–H groups in total. The monoisotopic (exact) mass is 334 g/mol. The number of carbonyl (C=O) groups excluding carboxylic acids is 1. The normalized spacial score (nSPS) is 10.2. The molecule has 0 aromatic heterocycles. The second kappa shape index (κ2) is 6.57. The number of methoxy groups -OCH3 is 2. The molecule has 3 nitrogen and oxygen atoms in total. The van der Waals surface area contributed by atoms with E-state index in [1.165, 1.54) is 0 Å². The summed E-state index contributed by atoms with van der Waals surface area (Å²) in [6.07, 6.45) is 0.315. The minimum Gasteiger partial charge on any atom is -0.497 e. The van der Waals surface area contributed by atoms with Crippen molar-refractivity contribution in [2.45, 2.75) is 6.42 Å². The van der Waals surface area contributed by atoms with Gasteiger partial charge in [-0.2, -0.15) is 0 Å². The smallest absolute Gasteiger partial charge is 0.170 e. The minimum absolute atomic E-state index is 0.0163. The Labute approximate surface area is 126 Å². The Bertz CT molecular complexity index is 623. The molecule has 0 saturated heterocycles. The Morgan fingerprint density at radius 2 is 1.90 bits per heavy atom. The van der Waals surface area contributed by atoms with Crippen LogP contribution in [0.25, 0.3) is 0 Å². The van der Waals surface area contributed by atoms with Crippen LogP contribution < -0.4 is 9.47 Å². The lowest BCUT2D eigenvalue weighted by molar-refractivity contribution is 0.0990. The molecule has 0 atom stereocenters. The van der Waals surface area contributed by atoms with E-state index in [0.717, 1.165) is 15.8 Å². The van der Waals surface area contributed by atoms with Crippen LogP contribution in [0.2, 0.25) is 0 Å². The van der Waals surface area contributed by atoms with Gasteiger partial charge in [0.1, 0.15) is 11.5 Å². The third kappa shape index (κ3) is 3.39. The Hall–Kier alpha value is -1.81. The molecule has 2 aromatic rings. The molecule has 0 bridgehead atoms. The predicted molar refractivity (Wildman–Crippen MR) is 81.7 cm³/mol. The molecule has 2 rings (SSSR count). The van der Waals surface area contributed by atoms with E-state index in [9.17, 15) is 4.79 Å². The molecular weight excluding hydrogens is 320 g/mol. The van der Waals surface area contributed by atoms with Gasteiger partial charge < -0.3 is 9.47 Å². The molecule has 104 valence electrons. The van der Waals surface area contributed by atoms with E-state index in [1.54, 1.807) is 26.4 Å². The largest absolute Gasteiger partial charge is 0.497 e. The molecule has 0 radical (unpaired) electrons. The summed E-state index contributed by atoms with van der Waals surface area (Å²) in [4.78, 5) is 12.4. The van der Waals surface area contributed by atoms with E-state index in [1.807, 2.05) is 30.3 Å². The Morgan fingerprint density at radius 1 is 1.10 bits per heavy atom. The highest BCUT2D eigenvalue weighted by molar-refractivity contribution is 9.10. The van der Waals surface area contributed by atoms with E-state index in [-0.39, 0.29) is 5.78 Å². The first-order chi connectivity index (χ1) is 9.63. The topological polar surface area (TPSA) is 35.5 Å². The lowest BCUT2D eigenvalue weighted by Crippen LogP contribution is -2.06. The van der Waals surface area contributed by atoms with Gasteiger partial charge in [0.25, 0.3) is 0 Å². The molecular formula is C16H15BrO3. The van der Waals surface area contributed by atoms with Crippen LogP contribution in [-0.4, -0.2) is 20.0 Å². The fourth-order valence-corrected chi connectivity index (χ4v) is 2.30. The summed E-state index contributed by atoms with van der Waals surface area (Å²) < 4.78 is 11.3. The first-order valence-corrected chi connectivity index (χ1v) is 6.93. The third-order valence-electron chi connectivity index (χ3n) is 2.96. The number of Topliss-reactive ketones (excluding diaryl/α,β-unsaturated/α-hetero) is 1. The molecule has 0 heterocycles.